The Morgan fingerprint density at radius 3 is 2.52 bits per heavy atom. The molecule has 0 spiro atoms. The third kappa shape index (κ3) is 6.07. The molecule has 2 aromatic rings. The second kappa shape index (κ2) is 10.4. The minimum Gasteiger partial charge on any atom is -0.480 e. The van der Waals surface area contributed by atoms with Gasteiger partial charge in [-0.25, -0.2) is 0 Å². The van der Waals surface area contributed by atoms with Crippen LogP contribution in [0.2, 0.25) is 0 Å². The van der Waals surface area contributed by atoms with Crippen molar-refractivity contribution in [2.45, 2.75) is 65.6 Å². The molecule has 29 heavy (non-hydrogen) atoms. The fourth-order valence-corrected chi connectivity index (χ4v) is 3.85. The number of nitrogens with zero attached hydrogens (tertiary/aromatic N) is 1. The molecule has 0 bridgehead atoms. The molecule has 1 aliphatic rings. The lowest BCUT2D eigenvalue weighted by atomic mass is 10.0. The Labute approximate surface area is 175 Å². The Bertz CT molecular complexity index is 812. The summed E-state index contributed by atoms with van der Waals surface area (Å²) in [5, 5.41) is 3.10. The first kappa shape index (κ1) is 21.4. The van der Waals surface area contributed by atoms with E-state index in [1.54, 1.807) is 0 Å². The maximum absolute atomic E-state index is 12.8. The summed E-state index contributed by atoms with van der Waals surface area (Å²) in [4.78, 5) is 15.3. The summed E-state index contributed by atoms with van der Waals surface area (Å²) in [5.41, 5.74) is 4.67. The Morgan fingerprint density at radius 1 is 1.07 bits per heavy atom. The molecule has 0 saturated carbocycles. The summed E-state index contributed by atoms with van der Waals surface area (Å²) in [5.74, 6) is 0.735. The lowest BCUT2D eigenvalue weighted by Gasteiger charge is -2.27. The highest BCUT2D eigenvalue weighted by molar-refractivity contribution is 5.81. The second-order valence-electron chi connectivity index (χ2n) is 8.11. The summed E-state index contributed by atoms with van der Waals surface area (Å²) in [6, 6.07) is 14.5. The maximum Gasteiger partial charge on any atom is 0.261 e. The van der Waals surface area contributed by atoms with Gasteiger partial charge in [-0.15, -0.1) is 0 Å². The van der Waals surface area contributed by atoms with Crippen molar-refractivity contribution in [3.8, 4) is 5.75 Å². The van der Waals surface area contributed by atoms with E-state index in [0.29, 0.717) is 13.0 Å². The highest BCUT2D eigenvalue weighted by atomic mass is 16.5. The number of hydrogen-bond donors (Lipinski definition) is 1. The molecule has 4 nitrogen and oxygen atoms in total. The van der Waals surface area contributed by atoms with E-state index in [9.17, 15) is 4.79 Å². The predicted octanol–water partition coefficient (Wildman–Crippen LogP) is 4.76. The van der Waals surface area contributed by atoms with Crippen LogP contribution in [-0.2, 0) is 17.9 Å². The molecule has 1 aliphatic heterocycles. The van der Waals surface area contributed by atoms with Gasteiger partial charge in [0.1, 0.15) is 5.75 Å². The maximum atomic E-state index is 12.8. The largest absolute Gasteiger partial charge is 0.480 e. The van der Waals surface area contributed by atoms with Gasteiger partial charge in [0.2, 0.25) is 0 Å². The van der Waals surface area contributed by atoms with Gasteiger partial charge in [-0.05, 0) is 74.5 Å². The van der Waals surface area contributed by atoms with E-state index < -0.39 is 6.10 Å². The number of hydrogen-bond acceptors (Lipinski definition) is 3. The number of aryl methyl sites for hydroxylation is 2. The van der Waals surface area contributed by atoms with E-state index in [1.807, 2.05) is 39.0 Å². The van der Waals surface area contributed by atoms with Crippen molar-refractivity contribution in [2.24, 2.45) is 0 Å². The first-order valence-corrected chi connectivity index (χ1v) is 10.9. The molecule has 1 fully saturated rings. The van der Waals surface area contributed by atoms with E-state index >= 15 is 0 Å². The molecule has 1 amide bonds. The highest BCUT2D eigenvalue weighted by Gasteiger charge is 2.20. The number of nitrogens with one attached hydrogen (secondary N) is 1. The average Bonchev–Trinajstić information content (AvgIpc) is 2.74. The van der Waals surface area contributed by atoms with Gasteiger partial charge in [-0.2, -0.15) is 0 Å². The number of rotatable bonds is 8. The minimum absolute atomic E-state index is 0.0545. The second-order valence-corrected chi connectivity index (χ2v) is 8.11. The molecule has 0 aromatic heterocycles. The smallest absolute Gasteiger partial charge is 0.261 e. The van der Waals surface area contributed by atoms with Crippen molar-refractivity contribution in [1.29, 1.82) is 0 Å². The van der Waals surface area contributed by atoms with Crippen LogP contribution in [0, 0.1) is 13.8 Å². The summed E-state index contributed by atoms with van der Waals surface area (Å²) in [6.07, 6.45) is 4.06. The third-order valence-corrected chi connectivity index (χ3v) is 5.69. The SMILES string of the molecule is CC[C@@H](Oc1cc(C)ccc1C)C(=O)NCc1ccccc1CN1CCCCC1. The summed E-state index contributed by atoms with van der Waals surface area (Å²) in [7, 11) is 0. The van der Waals surface area contributed by atoms with Crippen LogP contribution in [0.5, 0.6) is 5.75 Å². The van der Waals surface area contributed by atoms with Gasteiger partial charge >= 0.3 is 0 Å². The van der Waals surface area contributed by atoms with E-state index in [2.05, 4.69) is 34.5 Å². The molecule has 1 N–H and O–H groups in total. The Kier molecular flexibility index (Phi) is 7.70. The van der Waals surface area contributed by atoms with Crippen molar-refractivity contribution in [3.63, 3.8) is 0 Å². The molecule has 2 aromatic carbocycles. The van der Waals surface area contributed by atoms with Crippen LogP contribution < -0.4 is 10.1 Å². The van der Waals surface area contributed by atoms with Crippen molar-refractivity contribution in [2.75, 3.05) is 13.1 Å². The number of likely N-dealkylation sites (tertiary alicyclic amines) is 1. The molecule has 1 atom stereocenters. The topological polar surface area (TPSA) is 41.6 Å². The molecule has 4 heteroatoms. The highest BCUT2D eigenvalue weighted by Crippen LogP contribution is 2.21. The zero-order valence-electron chi connectivity index (χ0n) is 18.0. The quantitative estimate of drug-likeness (QED) is 0.702. The Hall–Kier alpha value is -2.33. The number of carbonyl (C=O) groups excluding carboxylic acids is 1. The zero-order valence-corrected chi connectivity index (χ0v) is 18.0. The third-order valence-electron chi connectivity index (χ3n) is 5.69. The van der Waals surface area contributed by atoms with Crippen LogP contribution in [0.15, 0.2) is 42.5 Å². The number of amides is 1. The Morgan fingerprint density at radius 2 is 1.79 bits per heavy atom. The number of benzene rings is 2. The molecule has 156 valence electrons. The van der Waals surface area contributed by atoms with Crippen molar-refractivity contribution in [1.82, 2.24) is 10.2 Å². The van der Waals surface area contributed by atoms with Crippen LogP contribution in [0.1, 0.15) is 54.9 Å². The van der Waals surface area contributed by atoms with Gasteiger partial charge in [0, 0.05) is 13.1 Å². The monoisotopic (exact) mass is 394 g/mol. The van der Waals surface area contributed by atoms with E-state index in [-0.39, 0.29) is 5.91 Å². The normalized spacial score (nSPS) is 15.7. The van der Waals surface area contributed by atoms with E-state index in [4.69, 9.17) is 4.74 Å². The molecule has 1 saturated heterocycles. The van der Waals surface area contributed by atoms with Gasteiger partial charge in [0.05, 0.1) is 0 Å². The first-order chi connectivity index (χ1) is 14.1. The van der Waals surface area contributed by atoms with Crippen LogP contribution in [0.25, 0.3) is 0 Å². The predicted molar refractivity (Wildman–Crippen MR) is 118 cm³/mol. The fourth-order valence-electron chi connectivity index (χ4n) is 3.85. The molecule has 0 aliphatic carbocycles. The van der Waals surface area contributed by atoms with Gasteiger partial charge in [0.15, 0.2) is 6.10 Å². The lowest BCUT2D eigenvalue weighted by Crippen LogP contribution is -2.38. The van der Waals surface area contributed by atoms with Crippen LogP contribution >= 0.6 is 0 Å². The molecular weight excluding hydrogens is 360 g/mol. The lowest BCUT2D eigenvalue weighted by molar-refractivity contribution is -0.128. The molecule has 1 heterocycles. The van der Waals surface area contributed by atoms with Gasteiger partial charge in [-0.1, -0.05) is 49.7 Å². The van der Waals surface area contributed by atoms with Crippen LogP contribution in [0.3, 0.4) is 0 Å². The van der Waals surface area contributed by atoms with Crippen LogP contribution in [0.4, 0.5) is 0 Å². The first-order valence-electron chi connectivity index (χ1n) is 10.9. The van der Waals surface area contributed by atoms with Crippen molar-refractivity contribution in [3.05, 3.63) is 64.7 Å². The fraction of sp³-hybridized carbons (Fsp3) is 0.480. The standard InChI is InChI=1S/C25H34N2O2/c1-4-23(29-24-16-19(2)12-13-20(24)3)25(28)26-17-21-10-6-7-11-22(21)18-27-14-8-5-9-15-27/h6-7,10-13,16,23H,4-5,8-9,14-15,17-18H2,1-3H3,(H,26,28)/t23-/m1/s1. The summed E-state index contributed by atoms with van der Waals surface area (Å²) in [6.45, 7) is 9.87. The minimum atomic E-state index is -0.482. The van der Waals surface area contributed by atoms with E-state index in [0.717, 1.165) is 23.4 Å². The molecule has 0 unspecified atom stereocenters. The number of piperidine rings is 1. The van der Waals surface area contributed by atoms with Gasteiger partial charge < -0.3 is 10.1 Å². The molecule has 0 radical (unpaired) electrons. The number of carbonyl (C=O) groups is 1. The molecular formula is C25H34N2O2. The van der Waals surface area contributed by atoms with Crippen LogP contribution in [-0.4, -0.2) is 30.0 Å². The average molecular weight is 395 g/mol. The summed E-state index contributed by atoms with van der Waals surface area (Å²) >= 11 is 0. The zero-order chi connectivity index (χ0) is 20.6. The van der Waals surface area contributed by atoms with Gasteiger partial charge in [0.25, 0.3) is 5.91 Å². The van der Waals surface area contributed by atoms with Crippen molar-refractivity contribution >= 4 is 5.91 Å². The molecule has 3 rings (SSSR count). The van der Waals surface area contributed by atoms with E-state index in [1.165, 1.54) is 43.5 Å². The van der Waals surface area contributed by atoms with Gasteiger partial charge in [-0.3, -0.25) is 9.69 Å². The van der Waals surface area contributed by atoms with Crippen molar-refractivity contribution < 1.29 is 9.53 Å². The number of ether oxygens (including phenoxy) is 1. The Balaban J connectivity index is 1.61. The summed E-state index contributed by atoms with van der Waals surface area (Å²) < 4.78 is 6.06.